The summed E-state index contributed by atoms with van der Waals surface area (Å²) in [6.07, 6.45) is 2.67. The fourth-order valence-electron chi connectivity index (χ4n) is 1.96. The van der Waals surface area contributed by atoms with Crippen LogP contribution in [0.2, 0.25) is 0 Å². The molecule has 2 rings (SSSR count). The molecule has 5 heteroatoms. The normalized spacial score (nSPS) is 10.2. The molecule has 0 saturated heterocycles. The van der Waals surface area contributed by atoms with Gasteiger partial charge in [-0.15, -0.1) is 0 Å². The molecule has 1 aromatic heterocycles. The minimum Gasteiger partial charge on any atom is -0.300 e. The summed E-state index contributed by atoms with van der Waals surface area (Å²) in [4.78, 5) is 25.4. The molecule has 0 atom stereocenters. The van der Waals surface area contributed by atoms with Crippen molar-refractivity contribution in [2.45, 2.75) is 19.8 Å². The van der Waals surface area contributed by atoms with Gasteiger partial charge in [0.1, 0.15) is 5.78 Å². The average molecular weight is 270 g/mol. The van der Waals surface area contributed by atoms with E-state index in [-0.39, 0.29) is 11.5 Å². The highest BCUT2D eigenvalue weighted by Gasteiger charge is 2.05. The third-order valence-electron chi connectivity index (χ3n) is 2.87. The van der Waals surface area contributed by atoms with Crippen LogP contribution in [-0.2, 0) is 17.6 Å². The number of pyridine rings is 1. The van der Waals surface area contributed by atoms with Crippen LogP contribution in [0.5, 0.6) is 0 Å². The van der Waals surface area contributed by atoms with Crippen LogP contribution >= 0.6 is 0 Å². The van der Waals surface area contributed by atoms with E-state index >= 15 is 0 Å². The zero-order valence-electron chi connectivity index (χ0n) is 11.1. The molecule has 0 N–H and O–H groups in total. The second-order valence-electron chi connectivity index (χ2n) is 4.63. The van der Waals surface area contributed by atoms with Crippen molar-refractivity contribution in [2.24, 2.45) is 0 Å². The van der Waals surface area contributed by atoms with E-state index in [4.69, 9.17) is 0 Å². The highest BCUT2D eigenvalue weighted by atomic mass is 16.6. The molecule has 5 nitrogen and oxygen atoms in total. The molecule has 0 radical (unpaired) electrons. The van der Waals surface area contributed by atoms with Gasteiger partial charge in [-0.3, -0.25) is 19.9 Å². The third-order valence-corrected chi connectivity index (χ3v) is 2.87. The first-order valence-electron chi connectivity index (χ1n) is 6.21. The smallest absolute Gasteiger partial charge is 0.269 e. The Labute approximate surface area is 116 Å². The summed E-state index contributed by atoms with van der Waals surface area (Å²) in [6.45, 7) is 1.53. The van der Waals surface area contributed by atoms with Crippen molar-refractivity contribution in [1.82, 2.24) is 4.98 Å². The number of nitro benzene ring substituents is 1. The molecule has 0 spiro atoms. The largest absolute Gasteiger partial charge is 0.300 e. The predicted octanol–water partition coefficient (Wildman–Crippen LogP) is 2.71. The van der Waals surface area contributed by atoms with E-state index in [9.17, 15) is 14.9 Å². The lowest BCUT2D eigenvalue weighted by Gasteiger charge is -2.04. The van der Waals surface area contributed by atoms with Gasteiger partial charge in [-0.2, -0.15) is 0 Å². The summed E-state index contributed by atoms with van der Waals surface area (Å²) in [6, 6.07) is 10.2. The minimum absolute atomic E-state index is 0.0741. The highest BCUT2D eigenvalue weighted by Crippen LogP contribution is 2.15. The van der Waals surface area contributed by atoms with E-state index in [1.54, 1.807) is 18.3 Å². The first-order chi connectivity index (χ1) is 9.54. The van der Waals surface area contributed by atoms with Crippen LogP contribution in [0.3, 0.4) is 0 Å². The van der Waals surface area contributed by atoms with Gasteiger partial charge >= 0.3 is 0 Å². The summed E-state index contributed by atoms with van der Waals surface area (Å²) in [7, 11) is 0. The monoisotopic (exact) mass is 270 g/mol. The molecule has 0 fully saturated rings. The first kappa shape index (κ1) is 13.9. The van der Waals surface area contributed by atoms with Crippen molar-refractivity contribution in [3.8, 4) is 0 Å². The molecule has 102 valence electrons. The van der Waals surface area contributed by atoms with Gasteiger partial charge < -0.3 is 0 Å². The molecule has 0 unspecified atom stereocenters. The Bertz CT molecular complexity index is 636. The number of benzene rings is 1. The van der Waals surface area contributed by atoms with Crippen molar-refractivity contribution in [3.63, 3.8) is 0 Å². The van der Waals surface area contributed by atoms with Crippen LogP contribution in [0.15, 0.2) is 42.6 Å². The van der Waals surface area contributed by atoms with Gasteiger partial charge in [0.05, 0.1) is 4.92 Å². The summed E-state index contributed by atoms with van der Waals surface area (Å²) in [5.74, 6) is 0.0741. The molecule has 0 aliphatic rings. The Balaban J connectivity index is 2.13. The third kappa shape index (κ3) is 3.71. The molecular formula is C15H14N2O3. The number of nitrogens with zero attached hydrogens (tertiary/aromatic N) is 2. The van der Waals surface area contributed by atoms with E-state index in [0.29, 0.717) is 12.8 Å². The lowest BCUT2D eigenvalue weighted by Crippen LogP contribution is -2.00. The molecule has 1 heterocycles. The second-order valence-corrected chi connectivity index (χ2v) is 4.63. The van der Waals surface area contributed by atoms with Crippen LogP contribution in [0.4, 0.5) is 5.69 Å². The number of carbonyl (C=O) groups is 1. The van der Waals surface area contributed by atoms with Gasteiger partial charge in [-0.05, 0) is 36.6 Å². The average Bonchev–Trinajstić information content (AvgIpc) is 2.39. The zero-order chi connectivity index (χ0) is 14.5. The van der Waals surface area contributed by atoms with Gasteiger partial charge in [0.25, 0.3) is 5.69 Å². The van der Waals surface area contributed by atoms with Crippen molar-refractivity contribution in [3.05, 3.63) is 69.5 Å². The number of carbonyl (C=O) groups excluding carboxylic acids is 1. The van der Waals surface area contributed by atoms with E-state index < -0.39 is 4.92 Å². The molecule has 1 aromatic carbocycles. The lowest BCUT2D eigenvalue weighted by atomic mass is 10.0. The van der Waals surface area contributed by atoms with Crippen LogP contribution in [0.25, 0.3) is 0 Å². The number of hydrogen-bond donors (Lipinski definition) is 0. The summed E-state index contributed by atoms with van der Waals surface area (Å²) >= 11 is 0. The van der Waals surface area contributed by atoms with E-state index in [2.05, 4.69) is 4.98 Å². The highest BCUT2D eigenvalue weighted by molar-refractivity contribution is 5.77. The Morgan fingerprint density at radius 1 is 1.20 bits per heavy atom. The summed E-state index contributed by atoms with van der Waals surface area (Å²) in [5.41, 5.74) is 2.85. The molecule has 20 heavy (non-hydrogen) atoms. The van der Waals surface area contributed by atoms with Crippen molar-refractivity contribution in [2.75, 3.05) is 0 Å². The molecule has 0 bridgehead atoms. The van der Waals surface area contributed by atoms with Gasteiger partial charge in [-0.25, -0.2) is 0 Å². The number of hydrogen-bond acceptors (Lipinski definition) is 4. The van der Waals surface area contributed by atoms with Crippen LogP contribution in [0.1, 0.15) is 23.7 Å². The van der Waals surface area contributed by atoms with Crippen LogP contribution in [-0.4, -0.2) is 15.7 Å². The predicted molar refractivity (Wildman–Crippen MR) is 74.5 cm³/mol. The Hall–Kier alpha value is -2.56. The van der Waals surface area contributed by atoms with Crippen molar-refractivity contribution < 1.29 is 9.72 Å². The molecule has 0 amide bonds. The number of nitro groups is 1. The number of ketones is 1. The molecule has 2 aromatic rings. The van der Waals surface area contributed by atoms with Gasteiger partial charge in [0, 0.05) is 30.4 Å². The molecule has 0 saturated carbocycles. The van der Waals surface area contributed by atoms with E-state index in [1.165, 1.54) is 19.1 Å². The quantitative estimate of drug-likeness (QED) is 0.618. The van der Waals surface area contributed by atoms with E-state index in [1.807, 2.05) is 12.1 Å². The SMILES string of the molecule is CC(=O)Cc1cc(Cc2ccc([N+](=O)[O-])cc2)ccn1. The van der Waals surface area contributed by atoms with Gasteiger partial charge in [0.2, 0.25) is 0 Å². The molecule has 0 aliphatic carbocycles. The number of rotatable bonds is 5. The van der Waals surface area contributed by atoms with Crippen LogP contribution in [0, 0.1) is 10.1 Å². The maximum Gasteiger partial charge on any atom is 0.269 e. The number of Topliss-reactive ketones (excluding diaryl/α,β-unsaturated/α-hetero) is 1. The van der Waals surface area contributed by atoms with E-state index in [0.717, 1.165) is 16.8 Å². The fraction of sp³-hybridized carbons (Fsp3) is 0.200. The minimum atomic E-state index is -0.415. The summed E-state index contributed by atoms with van der Waals surface area (Å²) in [5, 5.41) is 10.6. The Morgan fingerprint density at radius 3 is 2.50 bits per heavy atom. The van der Waals surface area contributed by atoms with Crippen molar-refractivity contribution in [1.29, 1.82) is 0 Å². The maximum atomic E-state index is 11.1. The van der Waals surface area contributed by atoms with Crippen molar-refractivity contribution >= 4 is 11.5 Å². The first-order valence-corrected chi connectivity index (χ1v) is 6.21. The lowest BCUT2D eigenvalue weighted by molar-refractivity contribution is -0.384. The van der Waals surface area contributed by atoms with Crippen LogP contribution < -0.4 is 0 Å². The maximum absolute atomic E-state index is 11.1. The number of non-ortho nitro benzene ring substituents is 1. The molecular weight excluding hydrogens is 256 g/mol. The number of aromatic nitrogens is 1. The molecule has 0 aliphatic heterocycles. The van der Waals surface area contributed by atoms with Gasteiger partial charge in [-0.1, -0.05) is 12.1 Å². The van der Waals surface area contributed by atoms with Gasteiger partial charge in [0.15, 0.2) is 0 Å². The Kier molecular flexibility index (Phi) is 4.20. The second kappa shape index (κ2) is 6.06. The Morgan fingerprint density at radius 2 is 1.90 bits per heavy atom. The topological polar surface area (TPSA) is 73.1 Å². The summed E-state index contributed by atoms with van der Waals surface area (Å²) < 4.78 is 0. The fourth-order valence-corrected chi connectivity index (χ4v) is 1.96. The zero-order valence-corrected chi connectivity index (χ0v) is 11.1. The standard InChI is InChI=1S/C15H14N2O3/c1-11(18)8-14-10-13(6-7-16-14)9-12-2-4-15(5-3-12)17(19)20/h2-7,10H,8-9H2,1H3.